The molecule has 4 heterocycles. The Morgan fingerprint density at radius 3 is 3.14 bits per heavy atom. The molecule has 28 heavy (non-hydrogen) atoms. The molecule has 140 valence electrons. The normalized spacial score (nSPS) is 11.5. The average molecular weight is 410 g/mol. The zero-order chi connectivity index (χ0) is 19.3. The largest absolute Gasteiger partial charge is 0.399 e. The van der Waals surface area contributed by atoms with Gasteiger partial charge in [0.05, 0.1) is 12.0 Å². The number of benzene rings is 1. The van der Waals surface area contributed by atoms with Crippen molar-refractivity contribution >= 4 is 61.7 Å². The van der Waals surface area contributed by atoms with Gasteiger partial charge in [-0.15, -0.1) is 11.3 Å². The SMILES string of the molecule is Cc1[nH]c2ccc(N)cc2c1-c1csc(NC(=O)Cn2cnc3csnc32)n1. The van der Waals surface area contributed by atoms with E-state index in [1.165, 1.54) is 22.9 Å². The lowest BCUT2D eigenvalue weighted by molar-refractivity contribution is -0.116. The Morgan fingerprint density at radius 1 is 1.36 bits per heavy atom. The molecular weight excluding hydrogens is 394 g/mol. The van der Waals surface area contributed by atoms with Crippen LogP contribution in [0, 0.1) is 6.92 Å². The molecule has 5 aromatic rings. The van der Waals surface area contributed by atoms with Crippen molar-refractivity contribution in [1.29, 1.82) is 0 Å². The second-order valence-electron chi connectivity index (χ2n) is 6.41. The van der Waals surface area contributed by atoms with Crippen molar-refractivity contribution in [1.82, 2.24) is 23.9 Å². The fourth-order valence-electron chi connectivity index (χ4n) is 3.25. The quantitative estimate of drug-likeness (QED) is 0.392. The molecule has 10 heteroatoms. The van der Waals surface area contributed by atoms with Crippen LogP contribution in [0.2, 0.25) is 0 Å². The highest BCUT2D eigenvalue weighted by molar-refractivity contribution is 7.14. The predicted octanol–water partition coefficient (Wildman–Crippen LogP) is 3.63. The Kier molecular flexibility index (Phi) is 3.88. The van der Waals surface area contributed by atoms with Gasteiger partial charge in [0.2, 0.25) is 5.91 Å². The van der Waals surface area contributed by atoms with E-state index < -0.39 is 0 Å². The number of aromatic nitrogens is 5. The molecule has 0 saturated heterocycles. The van der Waals surface area contributed by atoms with Crippen LogP contribution >= 0.6 is 22.9 Å². The molecule has 1 amide bonds. The fourth-order valence-corrected chi connectivity index (χ4v) is 4.58. The van der Waals surface area contributed by atoms with Gasteiger partial charge in [0, 0.05) is 38.6 Å². The minimum absolute atomic E-state index is 0.137. The molecule has 0 aliphatic carbocycles. The van der Waals surface area contributed by atoms with Gasteiger partial charge in [-0.2, -0.15) is 4.37 Å². The van der Waals surface area contributed by atoms with E-state index in [1.807, 2.05) is 35.9 Å². The van der Waals surface area contributed by atoms with E-state index >= 15 is 0 Å². The number of aryl methyl sites for hydroxylation is 1. The number of anilines is 2. The first-order valence-corrected chi connectivity index (χ1v) is 10.2. The minimum Gasteiger partial charge on any atom is -0.399 e. The Morgan fingerprint density at radius 2 is 2.25 bits per heavy atom. The van der Waals surface area contributed by atoms with Crippen LogP contribution in [-0.2, 0) is 11.3 Å². The summed E-state index contributed by atoms with van der Waals surface area (Å²) in [6.07, 6.45) is 1.62. The van der Waals surface area contributed by atoms with Crippen LogP contribution in [0.3, 0.4) is 0 Å². The van der Waals surface area contributed by atoms with Crippen LogP contribution in [0.1, 0.15) is 5.69 Å². The minimum atomic E-state index is -0.173. The highest BCUT2D eigenvalue weighted by atomic mass is 32.1. The van der Waals surface area contributed by atoms with Crippen LogP contribution in [0.25, 0.3) is 33.3 Å². The first kappa shape index (κ1) is 16.9. The van der Waals surface area contributed by atoms with Crippen LogP contribution in [0.4, 0.5) is 10.8 Å². The molecule has 0 radical (unpaired) electrons. The van der Waals surface area contributed by atoms with Gasteiger partial charge in [-0.1, -0.05) is 0 Å². The summed E-state index contributed by atoms with van der Waals surface area (Å²) >= 11 is 2.71. The number of amides is 1. The molecule has 4 aromatic heterocycles. The van der Waals surface area contributed by atoms with Gasteiger partial charge in [-0.3, -0.25) is 4.79 Å². The van der Waals surface area contributed by atoms with Gasteiger partial charge < -0.3 is 20.6 Å². The van der Waals surface area contributed by atoms with E-state index in [4.69, 9.17) is 5.73 Å². The van der Waals surface area contributed by atoms with Gasteiger partial charge >= 0.3 is 0 Å². The van der Waals surface area contributed by atoms with Crippen molar-refractivity contribution in [2.75, 3.05) is 11.1 Å². The summed E-state index contributed by atoms with van der Waals surface area (Å²) in [4.78, 5) is 24.6. The Balaban J connectivity index is 1.39. The number of nitrogens with zero attached hydrogens (tertiary/aromatic N) is 4. The first-order valence-electron chi connectivity index (χ1n) is 8.47. The molecule has 0 saturated carbocycles. The third-order valence-electron chi connectivity index (χ3n) is 4.47. The number of nitrogens with two attached hydrogens (primary N) is 1. The molecule has 0 aliphatic heterocycles. The lowest BCUT2D eigenvalue weighted by Gasteiger charge is -2.03. The number of aromatic amines is 1. The van der Waals surface area contributed by atoms with E-state index in [0.717, 1.165) is 33.4 Å². The van der Waals surface area contributed by atoms with Crippen LogP contribution in [0.15, 0.2) is 35.3 Å². The molecule has 0 spiro atoms. The molecule has 0 aliphatic rings. The third kappa shape index (κ3) is 2.83. The smallest absolute Gasteiger partial charge is 0.246 e. The lowest BCUT2D eigenvalue weighted by atomic mass is 10.1. The van der Waals surface area contributed by atoms with E-state index in [2.05, 4.69) is 24.6 Å². The molecular formula is C18H15N7OS2. The Bertz CT molecular complexity index is 1330. The standard InChI is InChI=1S/C18H15N7OS2/c1-9-16(11-4-10(19)2-3-12(11)21-9)13-6-27-18(22-13)23-15(26)5-25-8-20-14-7-28-24-17(14)25/h2-4,6-8,21H,5,19H2,1H3,(H,22,23,26). The second-order valence-corrected chi connectivity index (χ2v) is 7.90. The molecule has 0 unspecified atom stereocenters. The zero-order valence-electron chi connectivity index (χ0n) is 14.8. The van der Waals surface area contributed by atoms with E-state index in [1.54, 1.807) is 10.9 Å². The summed E-state index contributed by atoms with van der Waals surface area (Å²) in [5.41, 5.74) is 12.0. The number of H-pyrrole nitrogens is 1. The number of nitrogens with one attached hydrogen (secondary N) is 2. The number of hydrogen-bond donors (Lipinski definition) is 3. The van der Waals surface area contributed by atoms with Gasteiger partial charge in [0.25, 0.3) is 0 Å². The first-order chi connectivity index (χ1) is 13.6. The number of rotatable bonds is 4. The zero-order valence-corrected chi connectivity index (χ0v) is 16.4. The van der Waals surface area contributed by atoms with Gasteiger partial charge in [0.15, 0.2) is 10.8 Å². The number of carbonyl (C=O) groups is 1. The number of imidazole rings is 1. The summed E-state index contributed by atoms with van der Waals surface area (Å²) < 4.78 is 5.98. The molecule has 1 aromatic carbocycles. The summed E-state index contributed by atoms with van der Waals surface area (Å²) in [6, 6.07) is 5.76. The summed E-state index contributed by atoms with van der Waals surface area (Å²) in [6.45, 7) is 2.14. The van der Waals surface area contributed by atoms with Crippen molar-refractivity contribution in [2.24, 2.45) is 0 Å². The summed E-state index contributed by atoms with van der Waals surface area (Å²) in [5, 5.41) is 8.21. The van der Waals surface area contributed by atoms with Crippen molar-refractivity contribution < 1.29 is 4.79 Å². The summed E-state index contributed by atoms with van der Waals surface area (Å²) in [7, 11) is 0. The van der Waals surface area contributed by atoms with Crippen LogP contribution < -0.4 is 11.1 Å². The van der Waals surface area contributed by atoms with Gasteiger partial charge in [-0.05, 0) is 36.7 Å². The van der Waals surface area contributed by atoms with Crippen molar-refractivity contribution in [3.63, 3.8) is 0 Å². The maximum atomic E-state index is 12.4. The molecule has 0 fully saturated rings. The highest BCUT2D eigenvalue weighted by Crippen LogP contribution is 2.34. The Labute approximate surface area is 167 Å². The average Bonchev–Trinajstić information content (AvgIpc) is 3.40. The highest BCUT2D eigenvalue weighted by Gasteiger charge is 2.16. The Hall–Kier alpha value is -3.24. The van der Waals surface area contributed by atoms with Gasteiger partial charge in [0.1, 0.15) is 12.1 Å². The maximum absolute atomic E-state index is 12.4. The molecule has 8 nitrogen and oxygen atoms in total. The third-order valence-corrected chi connectivity index (χ3v) is 5.84. The van der Waals surface area contributed by atoms with Crippen molar-refractivity contribution in [3.05, 3.63) is 41.0 Å². The molecule has 5 rings (SSSR count). The molecule has 0 atom stereocenters. The number of thiazole rings is 1. The van der Waals surface area contributed by atoms with E-state index in [-0.39, 0.29) is 12.5 Å². The molecule has 4 N–H and O–H groups in total. The number of fused-ring (bicyclic) bond motifs is 2. The van der Waals surface area contributed by atoms with Crippen molar-refractivity contribution in [3.8, 4) is 11.3 Å². The fraction of sp³-hybridized carbons (Fsp3) is 0.111. The maximum Gasteiger partial charge on any atom is 0.246 e. The van der Waals surface area contributed by atoms with E-state index in [0.29, 0.717) is 16.5 Å². The summed E-state index contributed by atoms with van der Waals surface area (Å²) in [5.74, 6) is -0.173. The number of nitrogen functional groups attached to an aromatic ring is 1. The van der Waals surface area contributed by atoms with Gasteiger partial charge in [-0.25, -0.2) is 9.97 Å². The number of hydrogen-bond acceptors (Lipinski definition) is 7. The number of carbonyl (C=O) groups excluding carboxylic acids is 1. The van der Waals surface area contributed by atoms with Crippen LogP contribution in [-0.4, -0.2) is 29.8 Å². The molecule has 0 bridgehead atoms. The second kappa shape index (κ2) is 6.43. The van der Waals surface area contributed by atoms with E-state index in [9.17, 15) is 4.79 Å². The monoisotopic (exact) mass is 409 g/mol. The predicted molar refractivity (Wildman–Crippen MR) is 113 cm³/mol. The topological polar surface area (TPSA) is 115 Å². The lowest BCUT2D eigenvalue weighted by Crippen LogP contribution is -2.18. The van der Waals surface area contributed by atoms with Crippen LogP contribution in [0.5, 0.6) is 0 Å². The van der Waals surface area contributed by atoms with Crippen molar-refractivity contribution in [2.45, 2.75) is 13.5 Å².